The van der Waals surface area contributed by atoms with Crippen molar-refractivity contribution < 1.29 is 18.6 Å². The van der Waals surface area contributed by atoms with Crippen molar-refractivity contribution in [3.8, 4) is 16.9 Å². The molecule has 0 atom stereocenters. The van der Waals surface area contributed by atoms with Gasteiger partial charge in [0, 0.05) is 17.3 Å². The molecule has 0 aliphatic rings. The molecule has 1 aromatic carbocycles. The van der Waals surface area contributed by atoms with E-state index < -0.39 is 18.2 Å². The number of aliphatic hydroxyl groups is 1. The van der Waals surface area contributed by atoms with E-state index in [-0.39, 0.29) is 11.3 Å². The van der Waals surface area contributed by atoms with E-state index in [9.17, 15) is 8.78 Å². The van der Waals surface area contributed by atoms with Crippen molar-refractivity contribution in [2.75, 3.05) is 7.11 Å². The average molecular weight is 251 g/mol. The van der Waals surface area contributed by atoms with E-state index in [0.717, 1.165) is 6.07 Å². The smallest absolute Gasteiger partial charge is 0.147 e. The third-order valence-electron chi connectivity index (χ3n) is 2.55. The lowest BCUT2D eigenvalue weighted by molar-refractivity contribution is 0.270. The van der Waals surface area contributed by atoms with Gasteiger partial charge in [0.2, 0.25) is 0 Å². The number of aliphatic hydroxyl groups excluding tert-OH is 1. The minimum Gasteiger partial charge on any atom is -0.497 e. The molecule has 0 saturated heterocycles. The zero-order valence-electron chi connectivity index (χ0n) is 9.65. The van der Waals surface area contributed by atoms with Crippen molar-refractivity contribution >= 4 is 0 Å². The van der Waals surface area contributed by atoms with Crippen molar-refractivity contribution in [1.82, 2.24) is 4.98 Å². The lowest BCUT2D eigenvalue weighted by Gasteiger charge is -2.07. The van der Waals surface area contributed by atoms with Crippen LogP contribution in [0.25, 0.3) is 11.1 Å². The minimum atomic E-state index is -0.669. The van der Waals surface area contributed by atoms with Crippen LogP contribution in [0.15, 0.2) is 30.5 Å². The summed E-state index contributed by atoms with van der Waals surface area (Å²) in [6, 6.07) is 5.32. The molecule has 3 nitrogen and oxygen atoms in total. The van der Waals surface area contributed by atoms with Gasteiger partial charge in [-0.2, -0.15) is 0 Å². The number of rotatable bonds is 3. The maximum atomic E-state index is 13.7. The summed E-state index contributed by atoms with van der Waals surface area (Å²) in [5.41, 5.74) is 0.424. The molecule has 0 aliphatic heterocycles. The fourth-order valence-electron chi connectivity index (χ4n) is 1.58. The van der Waals surface area contributed by atoms with Crippen molar-refractivity contribution in [2.45, 2.75) is 6.61 Å². The first kappa shape index (κ1) is 12.4. The van der Waals surface area contributed by atoms with E-state index in [0.29, 0.717) is 11.3 Å². The van der Waals surface area contributed by atoms with Gasteiger partial charge in [-0.25, -0.2) is 8.78 Å². The topological polar surface area (TPSA) is 42.4 Å². The van der Waals surface area contributed by atoms with Crippen molar-refractivity contribution in [2.24, 2.45) is 0 Å². The van der Waals surface area contributed by atoms with Crippen LogP contribution in [0, 0.1) is 11.6 Å². The lowest BCUT2D eigenvalue weighted by atomic mass is 10.1. The molecule has 0 aliphatic carbocycles. The summed E-state index contributed by atoms with van der Waals surface area (Å²) < 4.78 is 32.1. The van der Waals surface area contributed by atoms with Gasteiger partial charge in [0.1, 0.15) is 23.1 Å². The number of hydrogen-bond acceptors (Lipinski definition) is 3. The summed E-state index contributed by atoms with van der Waals surface area (Å²) in [7, 11) is 1.46. The fraction of sp³-hybridized carbons (Fsp3) is 0.154. The normalized spacial score (nSPS) is 10.4. The Kier molecular flexibility index (Phi) is 3.53. The van der Waals surface area contributed by atoms with E-state index in [4.69, 9.17) is 9.84 Å². The van der Waals surface area contributed by atoms with Gasteiger partial charge in [-0.15, -0.1) is 0 Å². The zero-order valence-corrected chi connectivity index (χ0v) is 9.65. The molecule has 5 heteroatoms. The number of pyridine rings is 1. The molecule has 0 saturated carbocycles. The van der Waals surface area contributed by atoms with Crippen molar-refractivity contribution in [3.05, 3.63) is 47.8 Å². The Morgan fingerprint density at radius 1 is 1.22 bits per heavy atom. The second-order valence-corrected chi connectivity index (χ2v) is 3.66. The molecule has 1 aromatic heterocycles. The molecule has 0 spiro atoms. The quantitative estimate of drug-likeness (QED) is 0.911. The van der Waals surface area contributed by atoms with Crippen LogP contribution in [0.5, 0.6) is 5.75 Å². The number of hydrogen-bond donors (Lipinski definition) is 1. The van der Waals surface area contributed by atoms with Crippen LogP contribution >= 0.6 is 0 Å². The average Bonchev–Trinajstić information content (AvgIpc) is 2.39. The first-order valence-corrected chi connectivity index (χ1v) is 5.25. The maximum Gasteiger partial charge on any atom is 0.147 e. The summed E-state index contributed by atoms with van der Waals surface area (Å²) >= 11 is 0. The molecule has 94 valence electrons. The Balaban J connectivity index is 2.51. The summed E-state index contributed by atoms with van der Waals surface area (Å²) in [5.74, 6) is -0.691. The van der Waals surface area contributed by atoms with Gasteiger partial charge in [-0.3, -0.25) is 4.98 Å². The Labute approximate surface area is 103 Å². The fourth-order valence-corrected chi connectivity index (χ4v) is 1.58. The number of benzene rings is 1. The number of halogens is 2. The highest BCUT2D eigenvalue weighted by Gasteiger charge is 2.10. The third-order valence-corrected chi connectivity index (χ3v) is 2.55. The molecule has 0 radical (unpaired) electrons. The maximum absolute atomic E-state index is 13.7. The molecule has 0 fully saturated rings. The van der Waals surface area contributed by atoms with Gasteiger partial charge in [0.25, 0.3) is 0 Å². The Morgan fingerprint density at radius 3 is 2.61 bits per heavy atom. The van der Waals surface area contributed by atoms with Crippen molar-refractivity contribution in [3.63, 3.8) is 0 Å². The number of nitrogens with zero attached hydrogens (tertiary/aromatic N) is 1. The van der Waals surface area contributed by atoms with Gasteiger partial charge in [-0.1, -0.05) is 0 Å². The molecule has 2 aromatic rings. The van der Waals surface area contributed by atoms with Gasteiger partial charge in [0.15, 0.2) is 0 Å². The van der Waals surface area contributed by atoms with Gasteiger partial charge >= 0.3 is 0 Å². The standard InChI is InChI=1S/C13H11F2NO2/c1-18-9-2-3-11(14)10(5-9)8-4-12(15)13(7-17)16-6-8/h2-6,17H,7H2,1H3. The summed E-state index contributed by atoms with van der Waals surface area (Å²) in [4.78, 5) is 3.74. The monoisotopic (exact) mass is 251 g/mol. The predicted octanol–water partition coefficient (Wildman–Crippen LogP) is 2.53. The lowest BCUT2D eigenvalue weighted by Crippen LogP contribution is -1.96. The first-order chi connectivity index (χ1) is 8.65. The zero-order chi connectivity index (χ0) is 13.1. The minimum absolute atomic E-state index is 0.0675. The summed E-state index contributed by atoms with van der Waals surface area (Å²) in [5, 5.41) is 8.82. The molecule has 0 amide bonds. The summed E-state index contributed by atoms with van der Waals surface area (Å²) in [6.07, 6.45) is 1.31. The van der Waals surface area contributed by atoms with E-state index in [2.05, 4.69) is 4.98 Å². The SMILES string of the molecule is COc1ccc(F)c(-c2cnc(CO)c(F)c2)c1. The molecule has 2 rings (SSSR count). The first-order valence-electron chi connectivity index (χ1n) is 5.25. The molecule has 1 heterocycles. The molecule has 1 N–H and O–H groups in total. The van der Waals surface area contributed by atoms with Crippen LogP contribution in [-0.2, 0) is 6.61 Å². The van der Waals surface area contributed by atoms with Crippen LogP contribution in [-0.4, -0.2) is 17.2 Å². The number of methoxy groups -OCH3 is 1. The number of aromatic nitrogens is 1. The van der Waals surface area contributed by atoms with Crippen LogP contribution < -0.4 is 4.74 Å². The Bertz CT molecular complexity index is 573. The highest BCUT2D eigenvalue weighted by molar-refractivity contribution is 5.65. The van der Waals surface area contributed by atoms with Crippen LogP contribution in [0.3, 0.4) is 0 Å². The summed E-state index contributed by atoms with van der Waals surface area (Å²) in [6.45, 7) is -0.493. The van der Waals surface area contributed by atoms with Crippen LogP contribution in [0.1, 0.15) is 5.69 Å². The molecule has 18 heavy (non-hydrogen) atoms. The van der Waals surface area contributed by atoms with Crippen molar-refractivity contribution in [1.29, 1.82) is 0 Å². The van der Waals surface area contributed by atoms with Crippen LogP contribution in [0.2, 0.25) is 0 Å². The van der Waals surface area contributed by atoms with E-state index in [1.165, 1.54) is 31.5 Å². The predicted molar refractivity (Wildman–Crippen MR) is 62.1 cm³/mol. The third kappa shape index (κ3) is 2.31. The highest BCUT2D eigenvalue weighted by atomic mass is 19.1. The van der Waals surface area contributed by atoms with Gasteiger partial charge < -0.3 is 9.84 Å². The van der Waals surface area contributed by atoms with Crippen LogP contribution in [0.4, 0.5) is 8.78 Å². The Morgan fingerprint density at radius 2 is 2.00 bits per heavy atom. The molecular formula is C13H11F2NO2. The second kappa shape index (κ2) is 5.10. The van der Waals surface area contributed by atoms with E-state index in [1.54, 1.807) is 0 Å². The molecular weight excluding hydrogens is 240 g/mol. The van der Waals surface area contributed by atoms with Gasteiger partial charge in [-0.05, 0) is 24.3 Å². The highest BCUT2D eigenvalue weighted by Crippen LogP contribution is 2.27. The van der Waals surface area contributed by atoms with E-state index in [1.807, 2.05) is 0 Å². The Hall–Kier alpha value is -2.01. The largest absolute Gasteiger partial charge is 0.497 e. The van der Waals surface area contributed by atoms with E-state index >= 15 is 0 Å². The molecule has 0 unspecified atom stereocenters. The molecule has 0 bridgehead atoms. The number of ether oxygens (including phenoxy) is 1. The van der Waals surface area contributed by atoms with Gasteiger partial charge in [0.05, 0.1) is 13.7 Å². The second-order valence-electron chi connectivity index (χ2n) is 3.66.